The van der Waals surface area contributed by atoms with Crippen LogP contribution in [0.1, 0.15) is 20.3 Å². The van der Waals surface area contributed by atoms with Crippen LogP contribution in [0.4, 0.5) is 4.79 Å². The number of urea groups is 1. The van der Waals surface area contributed by atoms with Crippen molar-refractivity contribution in [3.63, 3.8) is 0 Å². The van der Waals surface area contributed by atoms with Crippen LogP contribution in [0.3, 0.4) is 0 Å². The van der Waals surface area contributed by atoms with E-state index < -0.39 is 12.0 Å². The molecule has 2 aromatic rings. The highest BCUT2D eigenvalue weighted by molar-refractivity contribution is 7.99. The summed E-state index contributed by atoms with van der Waals surface area (Å²) < 4.78 is 11.9. The fourth-order valence-corrected chi connectivity index (χ4v) is 3.73. The lowest BCUT2D eigenvalue weighted by molar-refractivity contribution is -0.139. The molecule has 0 bridgehead atoms. The molecule has 3 rings (SSSR count). The Morgan fingerprint density at radius 2 is 2.03 bits per heavy atom. The Hall–Kier alpha value is -3.08. The lowest BCUT2D eigenvalue weighted by atomic mass is 10.0. The Labute approximate surface area is 172 Å². The number of carbonyl (C=O) groups excluding carboxylic acids is 2. The molecule has 29 heavy (non-hydrogen) atoms. The SMILES string of the molecule is CCOC(=O)C1=C(CSc2nnnn2-c2ccc(OC)cc2)NC(=O)NC1CC. The molecule has 10 nitrogen and oxygen atoms in total. The van der Waals surface area contributed by atoms with Crippen molar-refractivity contribution >= 4 is 23.8 Å². The molecule has 1 unspecified atom stereocenters. The Morgan fingerprint density at radius 1 is 1.28 bits per heavy atom. The van der Waals surface area contributed by atoms with Crippen LogP contribution in [0.25, 0.3) is 5.69 Å². The van der Waals surface area contributed by atoms with Crippen molar-refractivity contribution in [3.05, 3.63) is 35.5 Å². The summed E-state index contributed by atoms with van der Waals surface area (Å²) in [5.74, 6) is 0.578. The van der Waals surface area contributed by atoms with Gasteiger partial charge in [0.15, 0.2) is 0 Å². The first-order valence-corrected chi connectivity index (χ1v) is 10.1. The number of amides is 2. The van der Waals surface area contributed by atoms with Gasteiger partial charge in [-0.3, -0.25) is 0 Å². The Morgan fingerprint density at radius 3 is 2.69 bits per heavy atom. The number of methoxy groups -OCH3 is 1. The third-order valence-electron chi connectivity index (χ3n) is 4.25. The normalized spacial score (nSPS) is 16.2. The highest BCUT2D eigenvalue weighted by Gasteiger charge is 2.31. The molecule has 2 heterocycles. The molecule has 0 aliphatic carbocycles. The van der Waals surface area contributed by atoms with Crippen LogP contribution in [-0.2, 0) is 9.53 Å². The van der Waals surface area contributed by atoms with Gasteiger partial charge in [0.1, 0.15) is 5.75 Å². The number of nitrogens with zero attached hydrogens (tertiary/aromatic N) is 4. The van der Waals surface area contributed by atoms with Gasteiger partial charge in [-0.25, -0.2) is 9.59 Å². The second kappa shape index (κ2) is 9.41. The third kappa shape index (κ3) is 4.67. The summed E-state index contributed by atoms with van der Waals surface area (Å²) in [7, 11) is 1.60. The molecule has 1 aliphatic heterocycles. The van der Waals surface area contributed by atoms with Crippen molar-refractivity contribution in [3.8, 4) is 11.4 Å². The molecule has 0 spiro atoms. The molecule has 11 heteroatoms. The van der Waals surface area contributed by atoms with Gasteiger partial charge in [0.25, 0.3) is 0 Å². The number of hydrogen-bond acceptors (Lipinski definition) is 8. The topological polar surface area (TPSA) is 120 Å². The summed E-state index contributed by atoms with van der Waals surface area (Å²) in [6, 6.07) is 6.53. The Bertz CT molecular complexity index is 911. The quantitative estimate of drug-likeness (QED) is 0.491. The maximum atomic E-state index is 12.5. The molecule has 1 aliphatic rings. The molecular weight excluding hydrogens is 396 g/mol. The minimum atomic E-state index is -0.447. The fourth-order valence-electron chi connectivity index (χ4n) is 2.87. The van der Waals surface area contributed by atoms with E-state index in [1.807, 2.05) is 31.2 Å². The monoisotopic (exact) mass is 418 g/mol. The number of aromatic nitrogens is 4. The number of thioether (sulfide) groups is 1. The summed E-state index contributed by atoms with van der Waals surface area (Å²) in [5, 5.41) is 17.8. The highest BCUT2D eigenvalue weighted by Crippen LogP contribution is 2.25. The first-order valence-electron chi connectivity index (χ1n) is 9.10. The molecule has 2 N–H and O–H groups in total. The molecule has 0 fully saturated rings. The van der Waals surface area contributed by atoms with E-state index in [1.165, 1.54) is 11.8 Å². The van der Waals surface area contributed by atoms with E-state index in [0.29, 0.717) is 28.6 Å². The van der Waals surface area contributed by atoms with E-state index >= 15 is 0 Å². The molecule has 0 radical (unpaired) electrons. The summed E-state index contributed by atoms with van der Waals surface area (Å²) >= 11 is 1.31. The van der Waals surface area contributed by atoms with Crippen LogP contribution in [0, 0.1) is 0 Å². The van der Waals surface area contributed by atoms with Gasteiger partial charge >= 0.3 is 12.0 Å². The minimum absolute atomic E-state index is 0.253. The smallest absolute Gasteiger partial charge is 0.337 e. The van der Waals surface area contributed by atoms with E-state index in [9.17, 15) is 9.59 Å². The van der Waals surface area contributed by atoms with Crippen LogP contribution in [-0.4, -0.2) is 57.7 Å². The van der Waals surface area contributed by atoms with Gasteiger partial charge in [-0.15, -0.1) is 5.10 Å². The summed E-state index contributed by atoms with van der Waals surface area (Å²) in [4.78, 5) is 24.5. The molecule has 0 saturated heterocycles. The number of ether oxygens (including phenoxy) is 2. The van der Waals surface area contributed by atoms with E-state index in [2.05, 4.69) is 26.2 Å². The number of tetrazole rings is 1. The van der Waals surface area contributed by atoms with Crippen molar-refractivity contribution in [2.45, 2.75) is 31.5 Å². The van der Waals surface area contributed by atoms with Gasteiger partial charge in [-0.05, 0) is 48.0 Å². The Kier molecular flexibility index (Phi) is 6.70. The van der Waals surface area contributed by atoms with Crippen molar-refractivity contribution in [2.75, 3.05) is 19.5 Å². The average Bonchev–Trinajstić information content (AvgIpc) is 3.20. The molecule has 1 aromatic carbocycles. The van der Waals surface area contributed by atoms with Crippen molar-refractivity contribution in [1.82, 2.24) is 30.8 Å². The molecule has 1 aromatic heterocycles. The van der Waals surface area contributed by atoms with E-state index in [1.54, 1.807) is 18.7 Å². The van der Waals surface area contributed by atoms with Crippen molar-refractivity contribution in [1.29, 1.82) is 0 Å². The number of esters is 1. The van der Waals surface area contributed by atoms with Crippen LogP contribution in [0.5, 0.6) is 5.75 Å². The number of carbonyl (C=O) groups is 2. The second-order valence-corrected chi connectivity index (χ2v) is 6.97. The molecule has 154 valence electrons. The average molecular weight is 418 g/mol. The van der Waals surface area contributed by atoms with Gasteiger partial charge < -0.3 is 20.1 Å². The number of hydrogen-bond donors (Lipinski definition) is 2. The number of benzene rings is 1. The Balaban J connectivity index is 1.84. The molecule has 0 saturated carbocycles. The first-order chi connectivity index (χ1) is 14.1. The van der Waals surface area contributed by atoms with Crippen LogP contribution in [0.2, 0.25) is 0 Å². The highest BCUT2D eigenvalue weighted by atomic mass is 32.2. The van der Waals surface area contributed by atoms with Crippen molar-refractivity contribution < 1.29 is 19.1 Å². The van der Waals surface area contributed by atoms with E-state index in [4.69, 9.17) is 9.47 Å². The summed E-state index contributed by atoms with van der Waals surface area (Å²) in [6.45, 7) is 3.89. The predicted molar refractivity (Wildman–Crippen MR) is 106 cm³/mol. The first kappa shape index (κ1) is 20.6. The van der Waals surface area contributed by atoms with E-state index in [0.717, 1.165) is 11.4 Å². The van der Waals surface area contributed by atoms with E-state index in [-0.39, 0.29) is 12.6 Å². The predicted octanol–water partition coefficient (Wildman–Crippen LogP) is 1.67. The molecule has 1 atom stereocenters. The van der Waals surface area contributed by atoms with Crippen LogP contribution < -0.4 is 15.4 Å². The van der Waals surface area contributed by atoms with Crippen LogP contribution in [0.15, 0.2) is 40.7 Å². The third-order valence-corrected chi connectivity index (χ3v) is 5.20. The molecular formula is C18H22N6O4S. The zero-order valence-corrected chi connectivity index (χ0v) is 17.2. The number of rotatable bonds is 8. The minimum Gasteiger partial charge on any atom is -0.497 e. The van der Waals surface area contributed by atoms with Gasteiger partial charge in [0.2, 0.25) is 5.16 Å². The lowest BCUT2D eigenvalue weighted by Gasteiger charge is -2.28. The van der Waals surface area contributed by atoms with Gasteiger partial charge in [0.05, 0.1) is 31.0 Å². The zero-order valence-electron chi connectivity index (χ0n) is 16.3. The number of nitrogens with one attached hydrogen (secondary N) is 2. The maximum absolute atomic E-state index is 12.5. The van der Waals surface area contributed by atoms with Gasteiger partial charge in [-0.2, -0.15) is 4.68 Å². The fraction of sp³-hybridized carbons (Fsp3) is 0.389. The standard InChI is InChI=1S/C18H22N6O4S/c1-4-13-15(16(25)28-5-2)14(20-17(26)19-13)10-29-18-21-22-23-24(18)11-6-8-12(27-3)9-7-11/h6-9,13H,4-5,10H2,1-3H3,(H2,19,20,26). The summed E-state index contributed by atoms with van der Waals surface area (Å²) in [5.41, 5.74) is 1.68. The second-order valence-electron chi connectivity index (χ2n) is 6.03. The van der Waals surface area contributed by atoms with Crippen LogP contribution >= 0.6 is 11.8 Å². The maximum Gasteiger partial charge on any atom is 0.337 e. The zero-order chi connectivity index (χ0) is 20.8. The largest absolute Gasteiger partial charge is 0.497 e. The summed E-state index contributed by atoms with van der Waals surface area (Å²) in [6.07, 6.45) is 0.569. The van der Waals surface area contributed by atoms with Gasteiger partial charge in [-0.1, -0.05) is 18.7 Å². The lowest BCUT2D eigenvalue weighted by Crippen LogP contribution is -2.50. The van der Waals surface area contributed by atoms with Crippen molar-refractivity contribution in [2.24, 2.45) is 0 Å². The van der Waals surface area contributed by atoms with Gasteiger partial charge in [0, 0.05) is 11.4 Å². The molecule has 2 amide bonds.